The number of amides is 1. The van der Waals surface area contributed by atoms with Crippen molar-refractivity contribution in [2.45, 2.75) is 33.4 Å². The zero-order chi connectivity index (χ0) is 20.6. The highest BCUT2D eigenvalue weighted by Crippen LogP contribution is 2.27. The average Bonchev–Trinajstić information content (AvgIpc) is 3.03. The molecule has 1 N–H and O–H groups in total. The topological polar surface area (TPSA) is 89.2 Å². The third-order valence-electron chi connectivity index (χ3n) is 4.22. The van der Waals surface area contributed by atoms with E-state index in [0.717, 1.165) is 4.52 Å². The van der Waals surface area contributed by atoms with Crippen LogP contribution in [-0.2, 0) is 17.4 Å². The van der Waals surface area contributed by atoms with Crippen molar-refractivity contribution in [3.63, 3.8) is 0 Å². The Hall–Kier alpha value is -3.30. The van der Waals surface area contributed by atoms with Gasteiger partial charge in [-0.15, -0.1) is 5.10 Å². The molecule has 146 valence electrons. The number of aryl methyl sites for hydroxylation is 2. The molecule has 10 heteroatoms. The number of benzene rings is 1. The van der Waals surface area contributed by atoms with E-state index in [1.165, 1.54) is 6.92 Å². The van der Waals surface area contributed by atoms with E-state index in [2.05, 4.69) is 20.4 Å². The number of carbonyl (C=O) groups is 2. The summed E-state index contributed by atoms with van der Waals surface area (Å²) in [6, 6.07) is 6.56. The quantitative estimate of drug-likeness (QED) is 0.690. The predicted octanol–water partition coefficient (Wildman–Crippen LogP) is 3.14. The maximum atomic E-state index is 12.9. The zero-order valence-corrected chi connectivity index (χ0v) is 15.3. The van der Waals surface area contributed by atoms with E-state index in [4.69, 9.17) is 0 Å². The molecule has 1 amide bonds. The molecule has 28 heavy (non-hydrogen) atoms. The smallest absolute Gasteiger partial charge is 0.325 e. The molecule has 3 rings (SSSR count). The summed E-state index contributed by atoms with van der Waals surface area (Å²) in [5, 5.41) is 6.12. The van der Waals surface area contributed by atoms with Crippen LogP contribution in [0.4, 0.5) is 18.9 Å². The monoisotopic (exact) mass is 391 g/mol. The molecule has 0 atom stereocenters. The van der Waals surface area contributed by atoms with Gasteiger partial charge in [-0.3, -0.25) is 9.59 Å². The van der Waals surface area contributed by atoms with Gasteiger partial charge in [0.1, 0.15) is 0 Å². The maximum absolute atomic E-state index is 12.9. The lowest BCUT2D eigenvalue weighted by Gasteiger charge is -2.12. The Morgan fingerprint density at radius 2 is 1.82 bits per heavy atom. The highest BCUT2D eigenvalue weighted by molar-refractivity contribution is 6.04. The average molecular weight is 391 g/mol. The third kappa shape index (κ3) is 3.71. The number of ketones is 1. The highest BCUT2D eigenvalue weighted by Gasteiger charge is 2.37. The molecule has 0 fully saturated rings. The van der Waals surface area contributed by atoms with Crippen molar-refractivity contribution < 1.29 is 22.8 Å². The lowest BCUT2D eigenvalue weighted by Crippen LogP contribution is -2.19. The number of alkyl halides is 3. The number of rotatable bonds is 4. The summed E-state index contributed by atoms with van der Waals surface area (Å²) in [5.41, 5.74) is 1.87. The van der Waals surface area contributed by atoms with Gasteiger partial charge in [-0.1, -0.05) is 12.1 Å². The number of nitrogens with one attached hydrogen (secondary N) is 1. The second kappa shape index (κ2) is 7.02. The Kier molecular flexibility index (Phi) is 4.88. The first-order chi connectivity index (χ1) is 13.1. The van der Waals surface area contributed by atoms with E-state index in [9.17, 15) is 22.8 Å². The van der Waals surface area contributed by atoms with Crippen LogP contribution in [0, 0.1) is 13.8 Å². The molecule has 1 aromatic carbocycles. The molecule has 2 aromatic heterocycles. The lowest BCUT2D eigenvalue weighted by molar-refractivity contribution is -0.144. The second-order valence-electron chi connectivity index (χ2n) is 6.23. The predicted molar refractivity (Wildman–Crippen MR) is 94.0 cm³/mol. The number of para-hydroxylation sites is 1. The van der Waals surface area contributed by atoms with Gasteiger partial charge in [0.25, 0.3) is 11.6 Å². The van der Waals surface area contributed by atoms with Crippen molar-refractivity contribution in [1.29, 1.82) is 0 Å². The molecule has 2 heterocycles. The van der Waals surface area contributed by atoms with Crippen molar-refractivity contribution in [3.05, 3.63) is 52.6 Å². The number of nitrogens with zero attached hydrogens (tertiary/aromatic N) is 4. The Morgan fingerprint density at radius 3 is 2.46 bits per heavy atom. The van der Waals surface area contributed by atoms with E-state index >= 15 is 0 Å². The summed E-state index contributed by atoms with van der Waals surface area (Å²) >= 11 is 0. The number of hydrogen-bond acceptors (Lipinski definition) is 5. The van der Waals surface area contributed by atoms with Gasteiger partial charge in [0.05, 0.1) is 12.1 Å². The summed E-state index contributed by atoms with van der Waals surface area (Å²) in [6.45, 7) is 4.52. The van der Waals surface area contributed by atoms with Crippen LogP contribution in [0.1, 0.15) is 40.1 Å². The van der Waals surface area contributed by atoms with Crippen LogP contribution in [-0.4, -0.2) is 31.3 Å². The van der Waals surface area contributed by atoms with Gasteiger partial charge >= 0.3 is 6.18 Å². The van der Waals surface area contributed by atoms with Gasteiger partial charge in [0, 0.05) is 22.5 Å². The van der Waals surface area contributed by atoms with Crippen molar-refractivity contribution in [1.82, 2.24) is 19.6 Å². The molecule has 0 aliphatic rings. The highest BCUT2D eigenvalue weighted by atomic mass is 19.4. The van der Waals surface area contributed by atoms with Crippen molar-refractivity contribution in [2.75, 3.05) is 5.32 Å². The van der Waals surface area contributed by atoms with Gasteiger partial charge in [-0.05, 0) is 32.9 Å². The minimum absolute atomic E-state index is 0.145. The normalized spacial score (nSPS) is 11.6. The summed E-state index contributed by atoms with van der Waals surface area (Å²) in [7, 11) is 0. The van der Waals surface area contributed by atoms with Crippen molar-refractivity contribution in [3.8, 4) is 0 Å². The molecule has 0 radical (unpaired) electrons. The molecule has 3 aromatic rings. The van der Waals surface area contributed by atoms with E-state index in [-0.39, 0.29) is 18.0 Å². The van der Waals surface area contributed by atoms with Crippen molar-refractivity contribution >= 4 is 23.2 Å². The number of halogens is 3. The van der Waals surface area contributed by atoms with Gasteiger partial charge in [0.15, 0.2) is 5.78 Å². The summed E-state index contributed by atoms with van der Waals surface area (Å²) in [5.74, 6) is -2.11. The Labute approximate surface area is 157 Å². The lowest BCUT2D eigenvalue weighted by atomic mass is 10.1. The van der Waals surface area contributed by atoms with Gasteiger partial charge in [-0.2, -0.15) is 18.2 Å². The van der Waals surface area contributed by atoms with E-state index in [1.54, 1.807) is 38.1 Å². The number of fused-ring (bicyclic) bond motifs is 1. The molecular formula is C18H16F3N5O2. The fraction of sp³-hybridized carbons (Fsp3) is 0.278. The van der Waals surface area contributed by atoms with Crippen LogP contribution in [0.3, 0.4) is 0 Å². The molecule has 0 unspecified atom stereocenters. The van der Waals surface area contributed by atoms with E-state index in [0.29, 0.717) is 28.2 Å². The number of carbonyl (C=O) groups excluding carboxylic acids is 2. The van der Waals surface area contributed by atoms with Crippen molar-refractivity contribution in [2.24, 2.45) is 0 Å². The Balaban J connectivity index is 1.92. The number of hydrogen-bond donors (Lipinski definition) is 1. The first-order valence-corrected chi connectivity index (χ1v) is 8.27. The Morgan fingerprint density at radius 1 is 1.14 bits per heavy atom. The minimum Gasteiger partial charge on any atom is -0.325 e. The molecule has 0 bridgehead atoms. The molecule has 0 aliphatic heterocycles. The maximum Gasteiger partial charge on any atom is 0.453 e. The van der Waals surface area contributed by atoms with Gasteiger partial charge in [0.2, 0.25) is 5.91 Å². The molecular weight excluding hydrogens is 375 g/mol. The van der Waals surface area contributed by atoms with Crippen LogP contribution in [0.5, 0.6) is 0 Å². The first kappa shape index (κ1) is 19.5. The second-order valence-corrected chi connectivity index (χ2v) is 6.23. The fourth-order valence-corrected chi connectivity index (χ4v) is 2.84. The number of Topliss-reactive ketones (excluding diaryl/α,β-unsaturated/α-hetero) is 1. The SMILES string of the molecule is CC(=O)c1ccccc1NC(=O)Cc1c(C)nc2nc(C(F)(F)F)nn2c1C. The molecule has 7 nitrogen and oxygen atoms in total. The van der Waals surface area contributed by atoms with Crippen LogP contribution < -0.4 is 5.32 Å². The number of aromatic nitrogens is 4. The zero-order valence-electron chi connectivity index (χ0n) is 15.3. The first-order valence-electron chi connectivity index (χ1n) is 8.27. The summed E-state index contributed by atoms with van der Waals surface area (Å²) < 4.78 is 39.5. The van der Waals surface area contributed by atoms with Gasteiger partial charge in [-0.25, -0.2) is 9.50 Å². The molecule has 0 aliphatic carbocycles. The van der Waals surface area contributed by atoms with E-state index < -0.39 is 17.9 Å². The minimum atomic E-state index is -4.69. The van der Waals surface area contributed by atoms with Crippen LogP contribution >= 0.6 is 0 Å². The third-order valence-corrected chi connectivity index (χ3v) is 4.22. The van der Waals surface area contributed by atoms with Crippen LogP contribution in [0.25, 0.3) is 5.78 Å². The molecule has 0 saturated heterocycles. The van der Waals surface area contributed by atoms with Crippen LogP contribution in [0.15, 0.2) is 24.3 Å². The molecule has 0 spiro atoms. The summed E-state index contributed by atoms with van der Waals surface area (Å²) in [6.07, 6.45) is -4.84. The van der Waals surface area contributed by atoms with E-state index in [1.807, 2.05) is 0 Å². The largest absolute Gasteiger partial charge is 0.453 e. The standard InChI is InChI=1S/C18H16F3N5O2/c1-9-13(8-15(28)23-14-7-5-4-6-12(14)11(3)27)10(2)26-17(22-9)24-16(25-26)18(19,20)21/h4-7H,8H2,1-3H3,(H,23,28). The summed E-state index contributed by atoms with van der Waals surface area (Å²) in [4.78, 5) is 31.6. The molecule has 0 saturated carbocycles. The Bertz CT molecular complexity index is 1090. The fourth-order valence-electron chi connectivity index (χ4n) is 2.84. The van der Waals surface area contributed by atoms with Gasteiger partial charge < -0.3 is 5.32 Å². The van der Waals surface area contributed by atoms with Crippen LogP contribution in [0.2, 0.25) is 0 Å². The number of anilines is 1.